The smallest absolute Gasteiger partial charge is 0.157 e. The van der Waals surface area contributed by atoms with Crippen LogP contribution in [0, 0.1) is 0 Å². The van der Waals surface area contributed by atoms with Crippen LogP contribution in [0.1, 0.15) is 13.3 Å². The van der Waals surface area contributed by atoms with Gasteiger partial charge in [0.1, 0.15) is 0 Å². The van der Waals surface area contributed by atoms with Crippen molar-refractivity contribution in [2.45, 2.75) is 13.3 Å². The highest BCUT2D eigenvalue weighted by molar-refractivity contribution is 8.21. The van der Waals surface area contributed by atoms with E-state index in [2.05, 4.69) is 6.58 Å². The zero-order valence-corrected chi connectivity index (χ0v) is 9.35. The largest absolute Gasteiger partial charge is 0.295 e. The molecule has 0 aliphatic carbocycles. The van der Waals surface area contributed by atoms with Crippen molar-refractivity contribution in [1.29, 1.82) is 0 Å². The van der Waals surface area contributed by atoms with Crippen LogP contribution < -0.4 is 0 Å². The minimum atomic E-state index is 0.147. The first-order valence-electron chi connectivity index (χ1n) is 3.60. The molecule has 0 rings (SSSR count). The number of Topliss-reactive ketones (excluding diaryl/α,β-unsaturated/α-hetero) is 1. The van der Waals surface area contributed by atoms with E-state index in [1.165, 1.54) is 0 Å². The fourth-order valence-corrected chi connectivity index (χ4v) is 2.46. The summed E-state index contributed by atoms with van der Waals surface area (Å²) >= 11 is 3.24. The molecular weight excluding hydrogens is 188 g/mol. The molecule has 0 bridgehead atoms. The molecule has 0 heterocycles. The van der Waals surface area contributed by atoms with Crippen molar-refractivity contribution in [3.63, 3.8) is 0 Å². The maximum absolute atomic E-state index is 11.2. The van der Waals surface area contributed by atoms with Gasteiger partial charge in [-0.3, -0.25) is 4.79 Å². The van der Waals surface area contributed by atoms with E-state index in [0.717, 1.165) is 9.81 Å². The molecule has 0 atom stereocenters. The summed E-state index contributed by atoms with van der Waals surface area (Å²) in [6.07, 6.45) is 6.41. The Bertz CT molecular complexity index is 201. The molecular formula is C9H14OS2. The highest BCUT2D eigenvalue weighted by atomic mass is 32.2. The summed E-state index contributed by atoms with van der Waals surface area (Å²) in [5.74, 6) is 0.147. The molecule has 0 fully saturated rings. The van der Waals surface area contributed by atoms with Gasteiger partial charge in [0.05, 0.1) is 0 Å². The highest BCUT2D eigenvalue weighted by Gasteiger charge is 2.07. The fraction of sp³-hybridized carbons (Fsp3) is 0.444. The average Bonchev–Trinajstić information content (AvgIpc) is 2.05. The zero-order valence-electron chi connectivity index (χ0n) is 7.72. The summed E-state index contributed by atoms with van der Waals surface area (Å²) in [4.78, 5) is 11.2. The second-order valence-electron chi connectivity index (χ2n) is 2.22. The van der Waals surface area contributed by atoms with Gasteiger partial charge in [-0.2, -0.15) is 0 Å². The molecule has 0 aliphatic rings. The summed E-state index contributed by atoms with van der Waals surface area (Å²) in [6.45, 7) is 5.23. The lowest BCUT2D eigenvalue weighted by Gasteiger charge is -2.05. The van der Waals surface area contributed by atoms with Crippen LogP contribution in [-0.4, -0.2) is 18.3 Å². The minimum absolute atomic E-state index is 0.147. The molecule has 0 N–H and O–H groups in total. The third-order valence-corrected chi connectivity index (χ3v) is 3.63. The maximum Gasteiger partial charge on any atom is 0.157 e. The van der Waals surface area contributed by atoms with Crippen molar-refractivity contribution in [2.75, 3.05) is 12.5 Å². The van der Waals surface area contributed by atoms with Gasteiger partial charge >= 0.3 is 0 Å². The van der Waals surface area contributed by atoms with Crippen LogP contribution in [0.5, 0.6) is 0 Å². The van der Waals surface area contributed by atoms with E-state index in [9.17, 15) is 4.79 Å². The first kappa shape index (κ1) is 11.8. The van der Waals surface area contributed by atoms with Gasteiger partial charge in [-0.25, -0.2) is 0 Å². The molecule has 0 spiro atoms. The van der Waals surface area contributed by atoms with Gasteiger partial charge in [0.2, 0.25) is 0 Å². The number of allylic oxidation sites excluding steroid dienone is 2. The van der Waals surface area contributed by atoms with Crippen molar-refractivity contribution in [3.8, 4) is 0 Å². The average molecular weight is 202 g/mol. The van der Waals surface area contributed by atoms with Crippen molar-refractivity contribution in [1.82, 2.24) is 0 Å². The molecule has 0 amide bonds. The number of ketones is 1. The van der Waals surface area contributed by atoms with Crippen LogP contribution in [-0.2, 0) is 4.79 Å². The maximum atomic E-state index is 11.2. The van der Waals surface area contributed by atoms with Gasteiger partial charge in [0, 0.05) is 9.81 Å². The van der Waals surface area contributed by atoms with Gasteiger partial charge < -0.3 is 0 Å². The second kappa shape index (κ2) is 6.38. The topological polar surface area (TPSA) is 17.1 Å². The van der Waals surface area contributed by atoms with E-state index in [0.29, 0.717) is 6.42 Å². The summed E-state index contributed by atoms with van der Waals surface area (Å²) in [6, 6.07) is 0. The second-order valence-corrected chi connectivity index (χ2v) is 4.11. The summed E-state index contributed by atoms with van der Waals surface area (Å²) in [5.41, 5.74) is 0.880. The first-order chi connectivity index (χ1) is 5.67. The molecule has 1 nitrogen and oxygen atoms in total. The van der Waals surface area contributed by atoms with Gasteiger partial charge in [-0.1, -0.05) is 6.08 Å². The van der Waals surface area contributed by atoms with Crippen LogP contribution in [0.15, 0.2) is 22.5 Å². The van der Waals surface area contributed by atoms with Gasteiger partial charge in [0.25, 0.3) is 0 Å². The Labute approximate surface area is 82.7 Å². The normalized spacial score (nSPS) is 9.25. The Morgan fingerprint density at radius 3 is 2.17 bits per heavy atom. The monoisotopic (exact) mass is 202 g/mol. The first-order valence-corrected chi connectivity index (χ1v) is 6.05. The van der Waals surface area contributed by atoms with Crippen molar-refractivity contribution >= 4 is 29.3 Å². The van der Waals surface area contributed by atoms with Gasteiger partial charge in [-0.05, 0) is 25.9 Å². The molecule has 0 radical (unpaired) electrons. The SMILES string of the molecule is C=CCC(C(C)=O)=C(SC)SC. The number of rotatable bonds is 5. The molecule has 0 unspecified atom stereocenters. The summed E-state index contributed by atoms with van der Waals surface area (Å²) in [5, 5.41) is 0. The predicted molar refractivity (Wildman–Crippen MR) is 59.6 cm³/mol. The minimum Gasteiger partial charge on any atom is -0.295 e. The third kappa shape index (κ3) is 3.50. The van der Waals surface area contributed by atoms with E-state index in [-0.39, 0.29) is 5.78 Å². The predicted octanol–water partition coefficient (Wildman–Crippen LogP) is 3.09. The number of hydrogen-bond donors (Lipinski definition) is 0. The lowest BCUT2D eigenvalue weighted by molar-refractivity contribution is -0.113. The Kier molecular flexibility index (Phi) is 6.30. The Hall–Kier alpha value is -0.150. The quantitative estimate of drug-likeness (QED) is 0.504. The molecule has 0 aromatic heterocycles. The van der Waals surface area contributed by atoms with E-state index >= 15 is 0 Å². The van der Waals surface area contributed by atoms with Crippen LogP contribution in [0.25, 0.3) is 0 Å². The fourth-order valence-electron chi connectivity index (χ4n) is 0.845. The van der Waals surface area contributed by atoms with Crippen molar-refractivity contribution in [3.05, 3.63) is 22.5 Å². The molecule has 0 aliphatic heterocycles. The molecule has 0 aromatic carbocycles. The standard InChI is InChI=1S/C9H14OS2/c1-5-6-8(7(2)10)9(11-3)12-4/h5H,1,6H2,2-4H3. The van der Waals surface area contributed by atoms with E-state index < -0.39 is 0 Å². The number of thioether (sulfide) groups is 2. The van der Waals surface area contributed by atoms with Crippen LogP contribution in [0.4, 0.5) is 0 Å². The zero-order chi connectivity index (χ0) is 9.56. The van der Waals surface area contributed by atoms with Crippen LogP contribution in [0.3, 0.4) is 0 Å². The van der Waals surface area contributed by atoms with Crippen LogP contribution in [0.2, 0.25) is 0 Å². The lowest BCUT2D eigenvalue weighted by atomic mass is 10.1. The molecule has 68 valence electrons. The van der Waals surface area contributed by atoms with E-state index in [4.69, 9.17) is 0 Å². The third-order valence-electron chi connectivity index (χ3n) is 1.39. The number of hydrogen-bond acceptors (Lipinski definition) is 3. The molecule has 0 aromatic rings. The van der Waals surface area contributed by atoms with E-state index in [1.807, 2.05) is 12.5 Å². The van der Waals surface area contributed by atoms with Gasteiger partial charge in [0.15, 0.2) is 5.78 Å². The molecule has 0 saturated carbocycles. The van der Waals surface area contributed by atoms with E-state index in [1.54, 1.807) is 36.5 Å². The summed E-state index contributed by atoms with van der Waals surface area (Å²) in [7, 11) is 0. The van der Waals surface area contributed by atoms with Crippen LogP contribution >= 0.6 is 23.5 Å². The highest BCUT2D eigenvalue weighted by Crippen LogP contribution is 2.29. The molecule has 3 heteroatoms. The lowest BCUT2D eigenvalue weighted by Crippen LogP contribution is -1.97. The Balaban J connectivity index is 4.74. The van der Waals surface area contributed by atoms with Crippen molar-refractivity contribution in [2.24, 2.45) is 0 Å². The molecule has 0 saturated heterocycles. The number of carbonyl (C=O) groups is 1. The Morgan fingerprint density at radius 1 is 1.42 bits per heavy atom. The molecule has 12 heavy (non-hydrogen) atoms. The van der Waals surface area contributed by atoms with Crippen molar-refractivity contribution < 1.29 is 4.79 Å². The van der Waals surface area contributed by atoms with Gasteiger partial charge in [-0.15, -0.1) is 30.1 Å². The number of carbonyl (C=O) groups excluding carboxylic acids is 1. The Morgan fingerprint density at radius 2 is 1.92 bits per heavy atom. The summed E-state index contributed by atoms with van der Waals surface area (Å²) < 4.78 is 1.10.